The van der Waals surface area contributed by atoms with E-state index in [4.69, 9.17) is 0 Å². The average molecular weight is 496 g/mol. The molecule has 0 aromatic heterocycles. The SMILES string of the molecule is CC(=O)c1cccc(S(=O)(=O)N2CCN(C(=O)c3cc([N+](=O)[O-])cc(S(C)(=O)=O)c3)CC2)c1. The summed E-state index contributed by atoms with van der Waals surface area (Å²) >= 11 is 0. The second-order valence-electron chi connectivity index (χ2n) is 7.53. The molecule has 2 aromatic carbocycles. The van der Waals surface area contributed by atoms with Gasteiger partial charge < -0.3 is 4.90 Å². The van der Waals surface area contributed by atoms with Gasteiger partial charge in [0.25, 0.3) is 11.6 Å². The first-order valence-electron chi connectivity index (χ1n) is 9.70. The lowest BCUT2D eigenvalue weighted by atomic mass is 10.1. The number of sulfone groups is 1. The van der Waals surface area contributed by atoms with Crippen LogP contribution in [0.4, 0.5) is 5.69 Å². The van der Waals surface area contributed by atoms with Crippen LogP contribution in [-0.2, 0) is 19.9 Å². The first-order chi connectivity index (χ1) is 15.3. The van der Waals surface area contributed by atoms with E-state index in [1.165, 1.54) is 40.4 Å². The van der Waals surface area contributed by atoms with Crippen LogP contribution < -0.4 is 0 Å². The molecule has 0 unspecified atom stereocenters. The number of nitro groups is 1. The van der Waals surface area contributed by atoms with Crippen LogP contribution in [0.15, 0.2) is 52.3 Å². The van der Waals surface area contributed by atoms with E-state index in [0.29, 0.717) is 0 Å². The molecule has 11 nitrogen and oxygen atoms in total. The molecule has 1 heterocycles. The number of nitrogens with zero attached hydrogens (tertiary/aromatic N) is 3. The molecule has 1 saturated heterocycles. The Bertz CT molecular complexity index is 1350. The summed E-state index contributed by atoms with van der Waals surface area (Å²) < 4.78 is 50.8. The third-order valence-corrected chi connectivity index (χ3v) is 8.17. The van der Waals surface area contributed by atoms with Crippen molar-refractivity contribution >= 4 is 37.2 Å². The molecule has 2 aromatic rings. The fourth-order valence-corrected chi connectivity index (χ4v) is 5.51. The molecule has 1 aliphatic rings. The zero-order chi connectivity index (χ0) is 24.6. The number of piperazine rings is 1. The Morgan fingerprint density at radius 1 is 0.909 bits per heavy atom. The Kier molecular flexibility index (Phi) is 6.68. The summed E-state index contributed by atoms with van der Waals surface area (Å²) in [6, 6.07) is 8.62. The van der Waals surface area contributed by atoms with Crippen molar-refractivity contribution in [3.8, 4) is 0 Å². The molecule has 13 heteroatoms. The normalized spacial score (nSPS) is 15.3. The summed E-state index contributed by atoms with van der Waals surface area (Å²) in [6.07, 6.45) is 0.880. The van der Waals surface area contributed by atoms with Crippen LogP contribution in [0.2, 0.25) is 0 Å². The van der Waals surface area contributed by atoms with Crippen molar-refractivity contribution < 1.29 is 31.3 Å². The average Bonchev–Trinajstić information content (AvgIpc) is 2.77. The number of hydrogen-bond acceptors (Lipinski definition) is 8. The molecule has 1 aliphatic heterocycles. The Hall–Kier alpha value is -3.16. The van der Waals surface area contributed by atoms with E-state index in [9.17, 15) is 36.5 Å². The van der Waals surface area contributed by atoms with Crippen LogP contribution >= 0.6 is 0 Å². The number of hydrogen-bond donors (Lipinski definition) is 0. The Morgan fingerprint density at radius 2 is 1.52 bits per heavy atom. The number of rotatable bonds is 6. The molecule has 0 bridgehead atoms. The van der Waals surface area contributed by atoms with Crippen molar-refractivity contribution in [1.82, 2.24) is 9.21 Å². The van der Waals surface area contributed by atoms with Crippen molar-refractivity contribution in [2.24, 2.45) is 0 Å². The quantitative estimate of drug-likeness (QED) is 0.331. The molecular formula is C20H21N3O8S2. The molecule has 1 fully saturated rings. The van der Waals surface area contributed by atoms with Crippen molar-refractivity contribution in [2.45, 2.75) is 16.7 Å². The highest BCUT2D eigenvalue weighted by Gasteiger charge is 2.31. The Balaban J connectivity index is 1.81. The number of nitro benzene ring substituents is 1. The van der Waals surface area contributed by atoms with Gasteiger partial charge in [-0.3, -0.25) is 19.7 Å². The van der Waals surface area contributed by atoms with Gasteiger partial charge in [0.05, 0.1) is 14.7 Å². The van der Waals surface area contributed by atoms with Crippen molar-refractivity contribution in [3.63, 3.8) is 0 Å². The molecule has 176 valence electrons. The highest BCUT2D eigenvalue weighted by Crippen LogP contribution is 2.24. The summed E-state index contributed by atoms with van der Waals surface area (Å²) in [7, 11) is -7.70. The minimum atomic E-state index is -3.90. The largest absolute Gasteiger partial charge is 0.336 e. The molecule has 0 N–H and O–H groups in total. The Labute approximate surface area is 190 Å². The summed E-state index contributed by atoms with van der Waals surface area (Å²) in [5.74, 6) is -0.910. The lowest BCUT2D eigenvalue weighted by Crippen LogP contribution is -2.50. The van der Waals surface area contributed by atoms with E-state index in [0.717, 1.165) is 24.5 Å². The third kappa shape index (κ3) is 5.26. The van der Waals surface area contributed by atoms with Gasteiger partial charge in [0.15, 0.2) is 15.6 Å². The van der Waals surface area contributed by atoms with Crippen LogP contribution in [0, 0.1) is 10.1 Å². The van der Waals surface area contributed by atoms with E-state index in [1.807, 2.05) is 0 Å². The maximum absolute atomic E-state index is 13.0. The van der Waals surface area contributed by atoms with Gasteiger partial charge in [-0.25, -0.2) is 16.8 Å². The molecule has 0 spiro atoms. The number of sulfonamides is 1. The smallest absolute Gasteiger partial charge is 0.271 e. The van der Waals surface area contributed by atoms with E-state index in [-0.39, 0.29) is 52.9 Å². The molecule has 3 rings (SSSR count). The lowest BCUT2D eigenvalue weighted by Gasteiger charge is -2.34. The highest BCUT2D eigenvalue weighted by atomic mass is 32.2. The van der Waals surface area contributed by atoms with Gasteiger partial charge in [-0.1, -0.05) is 12.1 Å². The van der Waals surface area contributed by atoms with Gasteiger partial charge >= 0.3 is 0 Å². The van der Waals surface area contributed by atoms with E-state index < -0.39 is 36.4 Å². The van der Waals surface area contributed by atoms with Crippen LogP contribution in [0.1, 0.15) is 27.6 Å². The zero-order valence-electron chi connectivity index (χ0n) is 17.8. The number of amides is 1. The van der Waals surface area contributed by atoms with Crippen LogP contribution in [-0.4, -0.2) is 75.1 Å². The molecule has 33 heavy (non-hydrogen) atoms. The lowest BCUT2D eigenvalue weighted by molar-refractivity contribution is -0.385. The molecular weight excluding hydrogens is 474 g/mol. The first kappa shape index (κ1) is 24.5. The van der Waals surface area contributed by atoms with Crippen LogP contribution in [0.5, 0.6) is 0 Å². The standard InChI is InChI=1S/C20H21N3O8S2/c1-14(24)15-4-3-5-18(11-15)33(30,31)22-8-6-21(7-9-22)20(25)16-10-17(23(26)27)13-19(12-16)32(2,28)29/h3-5,10-13H,6-9H2,1-2H3. The molecule has 0 atom stereocenters. The van der Waals surface area contributed by atoms with Crippen LogP contribution in [0.3, 0.4) is 0 Å². The van der Waals surface area contributed by atoms with Gasteiger partial charge in [0.1, 0.15) is 0 Å². The summed E-state index contributed by atoms with van der Waals surface area (Å²) in [6.45, 7) is 1.26. The number of non-ortho nitro benzene ring substituents is 1. The summed E-state index contributed by atoms with van der Waals surface area (Å²) in [5.41, 5.74) is -0.444. The number of ketones is 1. The van der Waals surface area contributed by atoms with Crippen molar-refractivity contribution in [2.75, 3.05) is 32.4 Å². The predicted molar refractivity (Wildman–Crippen MR) is 117 cm³/mol. The number of carbonyl (C=O) groups excluding carboxylic acids is 2. The van der Waals surface area contributed by atoms with Gasteiger partial charge in [-0.15, -0.1) is 0 Å². The maximum atomic E-state index is 13.0. The number of carbonyl (C=O) groups is 2. The van der Waals surface area contributed by atoms with Gasteiger partial charge in [0, 0.05) is 55.7 Å². The van der Waals surface area contributed by atoms with Gasteiger partial charge in [-0.2, -0.15) is 4.31 Å². The molecule has 0 aliphatic carbocycles. The minimum Gasteiger partial charge on any atom is -0.336 e. The highest BCUT2D eigenvalue weighted by molar-refractivity contribution is 7.90. The third-order valence-electron chi connectivity index (χ3n) is 5.18. The second kappa shape index (κ2) is 9.00. The van der Waals surface area contributed by atoms with Crippen molar-refractivity contribution in [1.29, 1.82) is 0 Å². The van der Waals surface area contributed by atoms with Crippen LogP contribution in [0.25, 0.3) is 0 Å². The fourth-order valence-electron chi connectivity index (χ4n) is 3.37. The summed E-state index contributed by atoms with van der Waals surface area (Å²) in [5, 5.41) is 11.2. The zero-order valence-corrected chi connectivity index (χ0v) is 19.4. The number of Topliss-reactive ketones (excluding diaryl/α,β-unsaturated/α-hetero) is 1. The first-order valence-corrected chi connectivity index (χ1v) is 13.0. The van der Waals surface area contributed by atoms with Gasteiger partial charge in [0.2, 0.25) is 10.0 Å². The maximum Gasteiger partial charge on any atom is 0.271 e. The molecule has 0 radical (unpaired) electrons. The van der Waals surface area contributed by atoms with E-state index in [1.54, 1.807) is 0 Å². The Morgan fingerprint density at radius 3 is 2.06 bits per heavy atom. The predicted octanol–water partition coefficient (Wildman–Crippen LogP) is 1.35. The summed E-state index contributed by atoms with van der Waals surface area (Å²) in [4.78, 5) is 35.8. The number of benzene rings is 2. The fraction of sp³-hybridized carbons (Fsp3) is 0.300. The second-order valence-corrected chi connectivity index (χ2v) is 11.5. The monoisotopic (exact) mass is 495 g/mol. The van der Waals surface area contributed by atoms with Gasteiger partial charge in [-0.05, 0) is 25.1 Å². The van der Waals surface area contributed by atoms with Crippen molar-refractivity contribution in [3.05, 3.63) is 63.7 Å². The molecule has 0 saturated carbocycles. The molecule has 1 amide bonds. The van der Waals surface area contributed by atoms with E-state index >= 15 is 0 Å². The van der Waals surface area contributed by atoms with E-state index in [2.05, 4.69) is 0 Å². The minimum absolute atomic E-state index is 0.00135. The topological polar surface area (TPSA) is 152 Å².